The number of hydrogen-bond donors (Lipinski definition) is 1. The summed E-state index contributed by atoms with van der Waals surface area (Å²) in [4.78, 5) is 2.42. The number of nitrogens with zero attached hydrogens (tertiary/aromatic N) is 1. The zero-order valence-electron chi connectivity index (χ0n) is 12.7. The largest absolute Gasteiger partial charge is 0.329 e. The molecule has 0 aromatic heterocycles. The number of sulfone groups is 1. The SMILES string of the molecule is CCN(CCCS(C)(=O)=O)C1(CN)CCCC(C)C1. The molecular formula is C14H30N2O2S. The highest BCUT2D eigenvalue weighted by atomic mass is 32.2. The van der Waals surface area contributed by atoms with Gasteiger partial charge in [-0.25, -0.2) is 8.42 Å². The van der Waals surface area contributed by atoms with Gasteiger partial charge in [-0.05, 0) is 38.3 Å². The molecule has 2 unspecified atom stereocenters. The van der Waals surface area contributed by atoms with E-state index in [1.807, 2.05) is 0 Å². The first kappa shape index (κ1) is 16.9. The second-order valence-corrected chi connectivity index (χ2v) is 8.45. The van der Waals surface area contributed by atoms with Crippen LogP contribution in [0.15, 0.2) is 0 Å². The van der Waals surface area contributed by atoms with Crippen molar-refractivity contribution < 1.29 is 8.42 Å². The summed E-state index contributed by atoms with van der Waals surface area (Å²) < 4.78 is 22.5. The first-order valence-corrected chi connectivity index (χ1v) is 9.52. The van der Waals surface area contributed by atoms with Crippen LogP contribution in [0, 0.1) is 5.92 Å². The minimum atomic E-state index is -2.85. The lowest BCUT2D eigenvalue weighted by Crippen LogP contribution is -2.56. The Morgan fingerprint density at radius 1 is 1.42 bits per heavy atom. The zero-order valence-corrected chi connectivity index (χ0v) is 13.5. The first-order chi connectivity index (χ1) is 8.83. The molecule has 0 saturated heterocycles. The summed E-state index contributed by atoms with van der Waals surface area (Å²) >= 11 is 0. The monoisotopic (exact) mass is 290 g/mol. The fourth-order valence-corrected chi connectivity index (χ4v) is 4.14. The summed E-state index contributed by atoms with van der Waals surface area (Å²) in [6, 6.07) is 0. The molecule has 2 N–H and O–H groups in total. The minimum Gasteiger partial charge on any atom is -0.329 e. The maximum absolute atomic E-state index is 11.2. The number of likely N-dealkylation sites (N-methyl/N-ethyl adjacent to an activating group) is 1. The van der Waals surface area contributed by atoms with Gasteiger partial charge in [-0.3, -0.25) is 4.90 Å². The van der Waals surface area contributed by atoms with Crippen molar-refractivity contribution in [3.63, 3.8) is 0 Å². The predicted octanol–water partition coefficient (Wildman–Crippen LogP) is 1.65. The van der Waals surface area contributed by atoms with Crippen LogP contribution >= 0.6 is 0 Å². The van der Waals surface area contributed by atoms with Gasteiger partial charge in [-0.1, -0.05) is 26.7 Å². The van der Waals surface area contributed by atoms with Gasteiger partial charge in [0.25, 0.3) is 0 Å². The topological polar surface area (TPSA) is 63.4 Å². The molecular weight excluding hydrogens is 260 g/mol. The van der Waals surface area contributed by atoms with Gasteiger partial charge in [0.1, 0.15) is 9.84 Å². The van der Waals surface area contributed by atoms with Gasteiger partial charge in [0.15, 0.2) is 0 Å². The number of nitrogens with two attached hydrogens (primary N) is 1. The maximum Gasteiger partial charge on any atom is 0.147 e. The average Bonchev–Trinajstić information content (AvgIpc) is 2.33. The lowest BCUT2D eigenvalue weighted by atomic mass is 9.75. The van der Waals surface area contributed by atoms with Gasteiger partial charge in [-0.2, -0.15) is 0 Å². The third kappa shape index (κ3) is 5.04. The third-order valence-electron chi connectivity index (χ3n) is 4.44. The normalized spacial score (nSPS) is 28.8. The predicted molar refractivity (Wildman–Crippen MR) is 81.0 cm³/mol. The van der Waals surface area contributed by atoms with Gasteiger partial charge in [0.2, 0.25) is 0 Å². The molecule has 1 rings (SSSR count). The summed E-state index contributed by atoms with van der Waals surface area (Å²) in [5.41, 5.74) is 6.18. The van der Waals surface area contributed by atoms with Crippen LogP contribution in [-0.2, 0) is 9.84 Å². The standard InChI is InChI=1S/C14H30N2O2S/c1-4-16(9-6-10-19(3,17)18)14(12-15)8-5-7-13(2)11-14/h13H,4-12,15H2,1-3H3. The van der Waals surface area contributed by atoms with E-state index in [0.29, 0.717) is 13.0 Å². The van der Waals surface area contributed by atoms with E-state index in [1.54, 1.807) is 0 Å². The fourth-order valence-electron chi connectivity index (χ4n) is 3.48. The molecule has 0 bridgehead atoms. The molecule has 0 aromatic carbocycles. The van der Waals surface area contributed by atoms with E-state index in [1.165, 1.54) is 19.1 Å². The Hall–Kier alpha value is -0.130. The molecule has 114 valence electrons. The summed E-state index contributed by atoms with van der Waals surface area (Å²) in [7, 11) is -2.85. The van der Waals surface area contributed by atoms with Gasteiger partial charge in [0.05, 0.1) is 5.75 Å². The molecule has 0 radical (unpaired) electrons. The van der Waals surface area contributed by atoms with Crippen molar-refractivity contribution in [2.75, 3.05) is 31.6 Å². The molecule has 0 aromatic rings. The van der Waals surface area contributed by atoms with Crippen molar-refractivity contribution >= 4 is 9.84 Å². The molecule has 2 atom stereocenters. The Balaban J connectivity index is 2.64. The van der Waals surface area contributed by atoms with E-state index in [9.17, 15) is 8.42 Å². The Morgan fingerprint density at radius 3 is 2.58 bits per heavy atom. The molecule has 1 aliphatic rings. The Morgan fingerprint density at radius 2 is 2.11 bits per heavy atom. The first-order valence-electron chi connectivity index (χ1n) is 7.46. The van der Waals surface area contributed by atoms with Crippen LogP contribution in [0.2, 0.25) is 0 Å². The van der Waals surface area contributed by atoms with Crippen LogP contribution < -0.4 is 5.73 Å². The molecule has 0 amide bonds. The van der Waals surface area contributed by atoms with E-state index < -0.39 is 9.84 Å². The molecule has 1 aliphatic carbocycles. The van der Waals surface area contributed by atoms with E-state index in [2.05, 4.69) is 18.7 Å². The second kappa shape index (κ2) is 7.04. The van der Waals surface area contributed by atoms with Gasteiger partial charge in [0, 0.05) is 18.3 Å². The smallest absolute Gasteiger partial charge is 0.147 e. The van der Waals surface area contributed by atoms with Gasteiger partial charge in [-0.15, -0.1) is 0 Å². The number of rotatable bonds is 7. The molecule has 5 heteroatoms. The van der Waals surface area contributed by atoms with Crippen molar-refractivity contribution in [1.82, 2.24) is 4.90 Å². The quantitative estimate of drug-likeness (QED) is 0.774. The van der Waals surface area contributed by atoms with Crippen LogP contribution in [0.3, 0.4) is 0 Å². The van der Waals surface area contributed by atoms with E-state index in [4.69, 9.17) is 5.73 Å². The summed E-state index contributed by atoms with van der Waals surface area (Å²) in [6.45, 7) is 6.93. The molecule has 19 heavy (non-hydrogen) atoms. The van der Waals surface area contributed by atoms with Gasteiger partial charge < -0.3 is 5.73 Å². The van der Waals surface area contributed by atoms with Crippen molar-refractivity contribution in [2.24, 2.45) is 11.7 Å². The molecule has 4 nitrogen and oxygen atoms in total. The highest BCUT2D eigenvalue weighted by molar-refractivity contribution is 7.90. The van der Waals surface area contributed by atoms with Gasteiger partial charge >= 0.3 is 0 Å². The van der Waals surface area contributed by atoms with Crippen LogP contribution in [0.1, 0.15) is 46.0 Å². The minimum absolute atomic E-state index is 0.101. The molecule has 1 fully saturated rings. The van der Waals surface area contributed by atoms with Crippen molar-refractivity contribution in [1.29, 1.82) is 0 Å². The van der Waals surface area contributed by atoms with Crippen molar-refractivity contribution in [3.8, 4) is 0 Å². The highest BCUT2D eigenvalue weighted by Crippen LogP contribution is 2.36. The lowest BCUT2D eigenvalue weighted by molar-refractivity contribution is 0.0435. The van der Waals surface area contributed by atoms with Crippen molar-refractivity contribution in [2.45, 2.75) is 51.5 Å². The van der Waals surface area contributed by atoms with Crippen LogP contribution in [-0.4, -0.2) is 50.5 Å². The molecule has 1 saturated carbocycles. The fraction of sp³-hybridized carbons (Fsp3) is 1.00. The van der Waals surface area contributed by atoms with Crippen LogP contribution in [0.25, 0.3) is 0 Å². The van der Waals surface area contributed by atoms with E-state index in [-0.39, 0.29) is 11.3 Å². The molecule has 0 aliphatic heterocycles. The van der Waals surface area contributed by atoms with Crippen LogP contribution in [0.5, 0.6) is 0 Å². The maximum atomic E-state index is 11.2. The Labute approximate surface area is 118 Å². The van der Waals surface area contributed by atoms with E-state index >= 15 is 0 Å². The zero-order chi connectivity index (χ0) is 14.5. The van der Waals surface area contributed by atoms with Crippen molar-refractivity contribution in [3.05, 3.63) is 0 Å². The highest BCUT2D eigenvalue weighted by Gasteiger charge is 2.38. The summed E-state index contributed by atoms with van der Waals surface area (Å²) in [6.07, 6.45) is 6.85. The Kier molecular flexibility index (Phi) is 6.27. The molecule has 0 spiro atoms. The summed E-state index contributed by atoms with van der Waals surface area (Å²) in [5, 5.41) is 0. The second-order valence-electron chi connectivity index (χ2n) is 6.19. The van der Waals surface area contributed by atoms with Crippen LogP contribution in [0.4, 0.5) is 0 Å². The average molecular weight is 290 g/mol. The lowest BCUT2D eigenvalue weighted by Gasteiger charge is -2.47. The number of hydrogen-bond acceptors (Lipinski definition) is 4. The third-order valence-corrected chi connectivity index (χ3v) is 5.47. The Bertz CT molecular complexity index is 370. The molecule has 0 heterocycles. The van der Waals surface area contributed by atoms with E-state index in [0.717, 1.165) is 31.8 Å². The summed E-state index contributed by atoms with van der Waals surface area (Å²) in [5.74, 6) is 1.00.